The molecule has 0 spiro atoms. The minimum absolute atomic E-state index is 0.737. The minimum atomic E-state index is 0.737. The molecule has 88 valence electrons. The molecule has 1 fully saturated rings. The van der Waals surface area contributed by atoms with Crippen LogP contribution in [0.2, 0.25) is 0 Å². The van der Waals surface area contributed by atoms with Crippen molar-refractivity contribution < 1.29 is 0 Å². The molecule has 1 aromatic heterocycles. The molecular formula is C13H19BrN2. The SMILES string of the molecule is CC(C)CCN(c1cccc(Br)n1)C1CC1. The first-order valence-electron chi connectivity index (χ1n) is 6.06. The van der Waals surface area contributed by atoms with Gasteiger partial charge in [0.05, 0.1) is 0 Å². The highest BCUT2D eigenvalue weighted by molar-refractivity contribution is 9.10. The molecule has 1 aliphatic carbocycles. The Morgan fingerprint density at radius 2 is 2.19 bits per heavy atom. The molecule has 16 heavy (non-hydrogen) atoms. The van der Waals surface area contributed by atoms with E-state index in [1.54, 1.807) is 0 Å². The zero-order valence-corrected chi connectivity index (χ0v) is 11.6. The summed E-state index contributed by atoms with van der Waals surface area (Å²) in [5, 5.41) is 0. The first kappa shape index (κ1) is 11.9. The van der Waals surface area contributed by atoms with Gasteiger partial charge in [-0.05, 0) is 53.2 Å². The first-order chi connectivity index (χ1) is 7.66. The van der Waals surface area contributed by atoms with Crippen molar-refractivity contribution in [3.63, 3.8) is 0 Å². The van der Waals surface area contributed by atoms with Crippen molar-refractivity contribution in [3.8, 4) is 0 Å². The van der Waals surface area contributed by atoms with E-state index in [4.69, 9.17) is 0 Å². The Hall–Kier alpha value is -0.570. The minimum Gasteiger partial charge on any atom is -0.354 e. The highest BCUT2D eigenvalue weighted by Crippen LogP contribution is 2.31. The molecule has 0 atom stereocenters. The molecule has 1 aliphatic rings. The predicted molar refractivity (Wildman–Crippen MR) is 71.8 cm³/mol. The van der Waals surface area contributed by atoms with Crippen LogP contribution in [0.1, 0.15) is 33.1 Å². The number of anilines is 1. The molecule has 2 rings (SSSR count). The van der Waals surface area contributed by atoms with Gasteiger partial charge in [0.25, 0.3) is 0 Å². The molecule has 2 nitrogen and oxygen atoms in total. The van der Waals surface area contributed by atoms with E-state index >= 15 is 0 Å². The molecule has 0 radical (unpaired) electrons. The van der Waals surface area contributed by atoms with Crippen LogP contribution >= 0.6 is 15.9 Å². The zero-order chi connectivity index (χ0) is 11.5. The van der Waals surface area contributed by atoms with Crippen molar-refractivity contribution in [1.82, 2.24) is 4.98 Å². The zero-order valence-electron chi connectivity index (χ0n) is 9.99. The standard InChI is InChI=1S/C13H19BrN2/c1-10(2)8-9-16(11-6-7-11)13-5-3-4-12(14)15-13/h3-5,10-11H,6-9H2,1-2H3. The third-order valence-corrected chi connectivity index (χ3v) is 3.37. The maximum absolute atomic E-state index is 4.56. The van der Waals surface area contributed by atoms with Gasteiger partial charge >= 0.3 is 0 Å². The van der Waals surface area contributed by atoms with E-state index in [0.717, 1.165) is 28.9 Å². The van der Waals surface area contributed by atoms with Crippen molar-refractivity contribution in [1.29, 1.82) is 0 Å². The van der Waals surface area contributed by atoms with E-state index in [9.17, 15) is 0 Å². The largest absolute Gasteiger partial charge is 0.354 e. The first-order valence-corrected chi connectivity index (χ1v) is 6.85. The van der Waals surface area contributed by atoms with E-state index in [-0.39, 0.29) is 0 Å². The molecule has 0 aromatic carbocycles. The fraction of sp³-hybridized carbons (Fsp3) is 0.615. The van der Waals surface area contributed by atoms with Crippen LogP contribution in [-0.2, 0) is 0 Å². The van der Waals surface area contributed by atoms with Crippen LogP contribution in [0.3, 0.4) is 0 Å². The quantitative estimate of drug-likeness (QED) is 0.763. The summed E-state index contributed by atoms with van der Waals surface area (Å²) in [5.41, 5.74) is 0. The topological polar surface area (TPSA) is 16.1 Å². The van der Waals surface area contributed by atoms with Crippen molar-refractivity contribution in [3.05, 3.63) is 22.8 Å². The van der Waals surface area contributed by atoms with Crippen molar-refractivity contribution in [2.75, 3.05) is 11.4 Å². The fourth-order valence-electron chi connectivity index (χ4n) is 1.83. The van der Waals surface area contributed by atoms with Crippen molar-refractivity contribution >= 4 is 21.7 Å². The van der Waals surface area contributed by atoms with Gasteiger partial charge in [0, 0.05) is 12.6 Å². The van der Waals surface area contributed by atoms with Gasteiger partial charge in [-0.25, -0.2) is 4.98 Å². The van der Waals surface area contributed by atoms with Crippen LogP contribution in [0, 0.1) is 5.92 Å². The van der Waals surface area contributed by atoms with Gasteiger partial charge in [-0.15, -0.1) is 0 Å². The van der Waals surface area contributed by atoms with Crippen LogP contribution < -0.4 is 4.90 Å². The molecule has 0 saturated heterocycles. The molecular weight excluding hydrogens is 264 g/mol. The lowest BCUT2D eigenvalue weighted by Gasteiger charge is -2.24. The van der Waals surface area contributed by atoms with E-state index in [1.165, 1.54) is 19.3 Å². The second-order valence-electron chi connectivity index (χ2n) is 4.93. The van der Waals surface area contributed by atoms with Crippen LogP contribution in [0.25, 0.3) is 0 Å². The van der Waals surface area contributed by atoms with E-state index < -0.39 is 0 Å². The summed E-state index contributed by atoms with van der Waals surface area (Å²) in [6.07, 6.45) is 3.89. The summed E-state index contributed by atoms with van der Waals surface area (Å²) < 4.78 is 0.931. The Morgan fingerprint density at radius 3 is 2.75 bits per heavy atom. The molecule has 0 N–H and O–H groups in total. The molecule has 1 saturated carbocycles. The highest BCUT2D eigenvalue weighted by atomic mass is 79.9. The number of pyridine rings is 1. The second-order valence-corrected chi connectivity index (χ2v) is 5.74. The summed E-state index contributed by atoms with van der Waals surface area (Å²) >= 11 is 3.44. The van der Waals surface area contributed by atoms with E-state index in [1.807, 2.05) is 6.07 Å². The molecule has 0 amide bonds. The number of rotatable bonds is 5. The van der Waals surface area contributed by atoms with Gasteiger partial charge in [-0.1, -0.05) is 19.9 Å². The van der Waals surface area contributed by atoms with Gasteiger partial charge in [-0.3, -0.25) is 0 Å². The third kappa shape index (κ3) is 3.21. The van der Waals surface area contributed by atoms with Crippen LogP contribution in [-0.4, -0.2) is 17.6 Å². The Balaban J connectivity index is 2.06. The smallest absolute Gasteiger partial charge is 0.130 e. The Kier molecular flexibility index (Phi) is 3.85. The average Bonchev–Trinajstić information content (AvgIpc) is 3.02. The van der Waals surface area contributed by atoms with Gasteiger partial charge in [0.15, 0.2) is 0 Å². The Morgan fingerprint density at radius 1 is 1.44 bits per heavy atom. The van der Waals surface area contributed by atoms with Gasteiger partial charge in [-0.2, -0.15) is 0 Å². The van der Waals surface area contributed by atoms with Crippen LogP contribution in [0.5, 0.6) is 0 Å². The van der Waals surface area contributed by atoms with E-state index in [0.29, 0.717) is 0 Å². The summed E-state index contributed by atoms with van der Waals surface area (Å²) in [6.45, 7) is 5.69. The lowest BCUT2D eigenvalue weighted by molar-refractivity contribution is 0.568. The fourth-order valence-corrected chi connectivity index (χ4v) is 2.16. The van der Waals surface area contributed by atoms with Gasteiger partial charge < -0.3 is 4.90 Å². The maximum atomic E-state index is 4.56. The van der Waals surface area contributed by atoms with Gasteiger partial charge in [0.2, 0.25) is 0 Å². The van der Waals surface area contributed by atoms with Crippen LogP contribution in [0.4, 0.5) is 5.82 Å². The predicted octanol–water partition coefficient (Wildman–Crippen LogP) is 3.86. The molecule has 3 heteroatoms. The van der Waals surface area contributed by atoms with E-state index in [2.05, 4.69) is 51.8 Å². The highest BCUT2D eigenvalue weighted by Gasteiger charge is 2.29. The van der Waals surface area contributed by atoms with Gasteiger partial charge in [0.1, 0.15) is 10.4 Å². The molecule has 1 heterocycles. The normalized spacial score (nSPS) is 15.5. The maximum Gasteiger partial charge on any atom is 0.130 e. The van der Waals surface area contributed by atoms with Crippen LogP contribution in [0.15, 0.2) is 22.8 Å². The number of aromatic nitrogens is 1. The molecule has 0 aliphatic heterocycles. The monoisotopic (exact) mass is 282 g/mol. The summed E-state index contributed by atoms with van der Waals surface area (Å²) in [6, 6.07) is 6.90. The second kappa shape index (κ2) is 5.17. The Bertz CT molecular complexity index is 348. The average molecular weight is 283 g/mol. The molecule has 1 aromatic rings. The number of nitrogens with zero attached hydrogens (tertiary/aromatic N) is 2. The lowest BCUT2D eigenvalue weighted by Crippen LogP contribution is -2.28. The number of hydrogen-bond acceptors (Lipinski definition) is 2. The summed E-state index contributed by atoms with van der Waals surface area (Å²) in [4.78, 5) is 7.02. The third-order valence-electron chi connectivity index (χ3n) is 2.93. The molecule has 0 bridgehead atoms. The number of halogens is 1. The summed E-state index contributed by atoms with van der Waals surface area (Å²) in [5.74, 6) is 1.88. The molecule has 0 unspecified atom stereocenters. The Labute approximate surface area is 106 Å². The lowest BCUT2D eigenvalue weighted by atomic mass is 10.1. The van der Waals surface area contributed by atoms with Crippen molar-refractivity contribution in [2.24, 2.45) is 5.92 Å². The number of hydrogen-bond donors (Lipinski definition) is 0. The van der Waals surface area contributed by atoms with Crippen molar-refractivity contribution in [2.45, 2.75) is 39.2 Å². The summed E-state index contributed by atoms with van der Waals surface area (Å²) in [7, 11) is 0.